The van der Waals surface area contributed by atoms with Crippen LogP contribution in [0.4, 0.5) is 16.2 Å². The van der Waals surface area contributed by atoms with Gasteiger partial charge in [0.15, 0.2) is 0 Å². The Morgan fingerprint density at radius 3 is 2.30 bits per heavy atom. The van der Waals surface area contributed by atoms with Crippen LogP contribution < -0.4 is 34.6 Å². The fraction of sp³-hybridized carbons (Fsp3) is 0.351. The molecule has 7 rings (SSSR count). The first-order valence-electron chi connectivity index (χ1n) is 15.9. The molecular weight excluding hydrogens is 693 g/mol. The van der Waals surface area contributed by atoms with E-state index in [0.29, 0.717) is 42.8 Å². The van der Waals surface area contributed by atoms with Crippen molar-refractivity contribution in [3.63, 3.8) is 0 Å². The molecule has 0 aromatic heterocycles. The van der Waals surface area contributed by atoms with Gasteiger partial charge in [0.1, 0.15) is 30.4 Å². The van der Waals surface area contributed by atoms with Gasteiger partial charge in [-0.2, -0.15) is 0 Å². The van der Waals surface area contributed by atoms with Crippen LogP contribution in [-0.2, 0) is 27.3 Å². The van der Waals surface area contributed by atoms with E-state index in [1.54, 1.807) is 0 Å². The number of ether oxygens (including phenoxy) is 2. The monoisotopic (exact) mass is 733 g/mol. The number of morpholine rings is 1. The lowest BCUT2D eigenvalue weighted by molar-refractivity contribution is -0.938. The molecule has 2 bridgehead atoms. The van der Waals surface area contributed by atoms with Gasteiger partial charge in [0.2, 0.25) is 5.91 Å². The van der Waals surface area contributed by atoms with Gasteiger partial charge in [-0.3, -0.25) is 10.1 Å². The van der Waals surface area contributed by atoms with Crippen molar-refractivity contribution in [3.05, 3.63) is 96.1 Å². The number of halogens is 1. The molecule has 0 saturated carbocycles. The zero-order valence-corrected chi connectivity index (χ0v) is 28.3. The number of aliphatic hydroxyl groups is 1. The van der Waals surface area contributed by atoms with E-state index in [4.69, 9.17) is 9.47 Å². The molecule has 3 saturated heterocycles. The van der Waals surface area contributed by atoms with Crippen molar-refractivity contribution in [3.8, 4) is 11.1 Å². The fourth-order valence-corrected chi connectivity index (χ4v) is 7.45. The summed E-state index contributed by atoms with van der Waals surface area (Å²) in [5.41, 5.74) is 5.34. The van der Waals surface area contributed by atoms with Crippen molar-refractivity contribution in [2.45, 2.75) is 69.1 Å². The number of hydrogen-bond acceptors (Lipinski definition) is 5. The highest BCUT2D eigenvalue weighted by molar-refractivity contribution is 5.95. The van der Waals surface area contributed by atoms with Crippen LogP contribution in [0, 0.1) is 0 Å². The van der Waals surface area contributed by atoms with Gasteiger partial charge in [0, 0.05) is 30.5 Å². The second-order valence-corrected chi connectivity index (χ2v) is 13.2. The lowest BCUT2D eigenvalue weighted by Gasteiger charge is -2.45. The van der Waals surface area contributed by atoms with Gasteiger partial charge in [-0.05, 0) is 70.6 Å². The van der Waals surface area contributed by atoms with Crippen LogP contribution in [0.3, 0.4) is 0 Å². The number of hydrogen-bond donors (Lipinski definition) is 3. The number of aryl methyl sites for hydroxylation is 1. The van der Waals surface area contributed by atoms with E-state index >= 15 is 0 Å². The summed E-state index contributed by atoms with van der Waals surface area (Å²) < 4.78 is 12.8. The van der Waals surface area contributed by atoms with E-state index in [-0.39, 0.29) is 42.6 Å². The lowest BCUT2D eigenvalue weighted by Crippen LogP contribution is -3.00. The highest BCUT2D eigenvalue weighted by atomic mass is 127. The number of fused-ring (bicyclic) bond motifs is 6. The van der Waals surface area contributed by atoms with E-state index in [2.05, 4.69) is 30.8 Å². The third kappa shape index (κ3) is 6.64. The summed E-state index contributed by atoms with van der Waals surface area (Å²) in [6, 6.07) is 28.4. The third-order valence-electron chi connectivity index (χ3n) is 9.96. The standard InChI is InChI=1S/C37H39N3O5.HI/c1-40(2)32-20-29(21-33(40)36-35(32)45-36)44-37(43)39-31-16-12-23(18-30(31)25-8-4-3-5-9-25)7-6-10-34(42)38-28-15-14-26-17-24(22-41)11-13-27(26)19-28;/h3-5,8-9,11-19,29,32-33,35-36,41H,6-7,10,20-22H2,1-2H3,(H-,38,39,42,43);1H/t29?,32-,33+,35-,36+;. The molecule has 0 radical (unpaired) electrons. The Kier molecular flexibility index (Phi) is 9.38. The smallest absolute Gasteiger partial charge is 0.411 e. The summed E-state index contributed by atoms with van der Waals surface area (Å²) in [6.07, 6.45) is 3.53. The van der Waals surface area contributed by atoms with Crippen LogP contribution in [0.25, 0.3) is 21.9 Å². The second-order valence-electron chi connectivity index (χ2n) is 13.2. The molecule has 3 aliphatic heterocycles. The van der Waals surface area contributed by atoms with Crippen LogP contribution in [-0.4, -0.2) is 66.1 Å². The topological polar surface area (TPSA) is 100 Å². The van der Waals surface area contributed by atoms with E-state index < -0.39 is 6.09 Å². The number of epoxide rings is 1. The maximum Gasteiger partial charge on any atom is 0.411 e. The Bertz CT molecular complexity index is 1730. The number of nitrogens with one attached hydrogen (secondary N) is 2. The Morgan fingerprint density at radius 1 is 0.870 bits per heavy atom. The first-order valence-corrected chi connectivity index (χ1v) is 15.9. The number of piperidine rings is 1. The van der Waals surface area contributed by atoms with Gasteiger partial charge >= 0.3 is 6.09 Å². The van der Waals surface area contributed by atoms with E-state index in [9.17, 15) is 14.7 Å². The maximum absolute atomic E-state index is 13.1. The molecule has 240 valence electrons. The predicted molar refractivity (Wildman–Crippen MR) is 175 cm³/mol. The molecule has 3 fully saturated rings. The summed E-state index contributed by atoms with van der Waals surface area (Å²) in [5, 5.41) is 17.4. The van der Waals surface area contributed by atoms with Crippen LogP contribution in [0.2, 0.25) is 0 Å². The molecule has 8 nitrogen and oxygen atoms in total. The van der Waals surface area contributed by atoms with Gasteiger partial charge in [0.25, 0.3) is 0 Å². The highest BCUT2D eigenvalue weighted by Gasteiger charge is 2.70. The van der Waals surface area contributed by atoms with E-state index in [0.717, 1.165) is 62.5 Å². The van der Waals surface area contributed by atoms with Crippen molar-refractivity contribution >= 4 is 34.1 Å². The number of anilines is 2. The zero-order valence-electron chi connectivity index (χ0n) is 26.1. The van der Waals surface area contributed by atoms with Gasteiger partial charge in [-0.1, -0.05) is 54.6 Å². The Labute approximate surface area is 286 Å². The van der Waals surface area contributed by atoms with Crippen LogP contribution in [0.1, 0.15) is 36.8 Å². The van der Waals surface area contributed by atoms with Crippen molar-refractivity contribution in [1.29, 1.82) is 0 Å². The quantitative estimate of drug-likeness (QED) is 0.140. The van der Waals surface area contributed by atoms with Gasteiger partial charge in [-0.15, -0.1) is 0 Å². The Morgan fingerprint density at radius 2 is 1.57 bits per heavy atom. The first kappa shape index (κ1) is 32.4. The molecule has 5 atom stereocenters. The normalized spacial score (nSPS) is 23.6. The molecular formula is C37H40IN3O5. The molecule has 3 aliphatic rings. The molecule has 3 heterocycles. The summed E-state index contributed by atoms with van der Waals surface area (Å²) in [4.78, 5) is 25.9. The van der Waals surface area contributed by atoms with Crippen LogP contribution >= 0.6 is 0 Å². The number of amides is 2. The number of benzene rings is 4. The number of nitrogens with zero attached hydrogens (tertiary/aromatic N) is 1. The van der Waals surface area contributed by atoms with E-state index in [1.807, 2.05) is 78.9 Å². The molecule has 4 aromatic carbocycles. The Balaban J connectivity index is 0.00000372. The molecule has 4 aromatic rings. The summed E-state index contributed by atoms with van der Waals surface area (Å²) in [7, 11) is 4.53. The van der Waals surface area contributed by atoms with Crippen molar-refractivity contribution in [1.82, 2.24) is 0 Å². The number of rotatable bonds is 9. The largest absolute Gasteiger partial charge is 1.00 e. The fourth-order valence-electron chi connectivity index (χ4n) is 7.45. The van der Waals surface area contributed by atoms with Gasteiger partial charge < -0.3 is 48.4 Å². The highest BCUT2D eigenvalue weighted by Crippen LogP contribution is 2.51. The van der Waals surface area contributed by atoms with Gasteiger partial charge in [0.05, 0.1) is 26.4 Å². The lowest BCUT2D eigenvalue weighted by atomic mass is 9.96. The molecule has 0 spiro atoms. The molecule has 3 N–H and O–H groups in total. The summed E-state index contributed by atoms with van der Waals surface area (Å²) in [6.45, 7) is 0.00352. The molecule has 46 heavy (non-hydrogen) atoms. The second kappa shape index (κ2) is 13.3. The maximum atomic E-state index is 13.1. The number of aliphatic hydroxyl groups excluding tert-OH is 1. The third-order valence-corrected chi connectivity index (χ3v) is 9.96. The average Bonchev–Trinajstić information content (AvgIpc) is 3.81. The van der Waals surface area contributed by atoms with E-state index in [1.165, 1.54) is 0 Å². The number of carbonyl (C=O) groups excluding carboxylic acids is 2. The predicted octanol–water partition coefficient (Wildman–Crippen LogP) is 3.27. The first-order chi connectivity index (χ1) is 21.8. The number of quaternary nitrogens is 1. The van der Waals surface area contributed by atoms with Gasteiger partial charge in [-0.25, -0.2) is 4.79 Å². The molecule has 9 heteroatoms. The van der Waals surface area contributed by atoms with Crippen LogP contribution in [0.5, 0.6) is 0 Å². The average molecular weight is 734 g/mol. The molecule has 2 amide bonds. The molecule has 0 aliphatic carbocycles. The van der Waals surface area contributed by atoms with Crippen molar-refractivity contribution in [2.75, 3.05) is 24.7 Å². The van der Waals surface area contributed by atoms with Crippen molar-refractivity contribution < 1.29 is 52.6 Å². The zero-order chi connectivity index (χ0) is 31.1. The van der Waals surface area contributed by atoms with Crippen molar-refractivity contribution in [2.24, 2.45) is 0 Å². The summed E-state index contributed by atoms with van der Waals surface area (Å²) >= 11 is 0. The number of likely N-dealkylation sites (N-methyl/N-ethyl adjacent to an activating group) is 1. The minimum Gasteiger partial charge on any atom is -1.00 e. The minimum atomic E-state index is -0.426. The number of carbonyl (C=O) groups is 2. The van der Waals surface area contributed by atoms with Crippen LogP contribution in [0.15, 0.2) is 84.9 Å². The SMILES string of the molecule is C[N+]1(C)[C@@H]2CC(OC(=O)Nc3ccc(CCCC(=O)Nc4ccc5cc(CO)ccc5c4)cc3-c3ccccc3)C[C@H]1[C@@H]1O[C@@H]12.[I-]. The molecule has 1 unspecified atom stereocenters. The minimum absolute atomic E-state index is 0. The summed E-state index contributed by atoms with van der Waals surface area (Å²) in [5.74, 6) is -0.0344. The Hall–Kier alpha value is -3.51.